The molecule has 100 valence electrons. The van der Waals surface area contributed by atoms with Crippen molar-refractivity contribution in [1.29, 1.82) is 0 Å². The van der Waals surface area contributed by atoms with Crippen LogP contribution in [0, 0.1) is 0 Å². The number of aliphatic carboxylic acids is 1. The number of para-hydroxylation sites is 2. The lowest BCUT2D eigenvalue weighted by Crippen LogP contribution is -2.41. The SMILES string of the molecule is CCCOc1ccccc1OCC(C)(O)C(=O)O. The Balaban J connectivity index is 2.69. The predicted octanol–water partition coefficient (Wildman–Crippen LogP) is 1.69. The van der Waals surface area contributed by atoms with Crippen LogP contribution in [0.15, 0.2) is 24.3 Å². The van der Waals surface area contributed by atoms with Gasteiger partial charge in [0.25, 0.3) is 0 Å². The lowest BCUT2D eigenvalue weighted by molar-refractivity contribution is -0.159. The quantitative estimate of drug-likeness (QED) is 0.774. The van der Waals surface area contributed by atoms with Gasteiger partial charge in [-0.25, -0.2) is 4.79 Å². The number of hydrogen-bond acceptors (Lipinski definition) is 4. The molecule has 0 amide bonds. The molecule has 1 rings (SSSR count). The predicted molar refractivity (Wildman–Crippen MR) is 66.0 cm³/mol. The van der Waals surface area contributed by atoms with Crippen molar-refractivity contribution in [2.45, 2.75) is 25.9 Å². The van der Waals surface area contributed by atoms with Crippen molar-refractivity contribution in [2.75, 3.05) is 13.2 Å². The van der Waals surface area contributed by atoms with Gasteiger partial charge in [0.05, 0.1) is 6.61 Å². The van der Waals surface area contributed by atoms with Gasteiger partial charge in [0.2, 0.25) is 0 Å². The van der Waals surface area contributed by atoms with Crippen molar-refractivity contribution >= 4 is 5.97 Å². The van der Waals surface area contributed by atoms with Gasteiger partial charge in [0.15, 0.2) is 17.1 Å². The van der Waals surface area contributed by atoms with E-state index < -0.39 is 11.6 Å². The first kappa shape index (κ1) is 14.3. The van der Waals surface area contributed by atoms with Gasteiger partial charge < -0.3 is 19.7 Å². The summed E-state index contributed by atoms with van der Waals surface area (Å²) in [6.45, 7) is 3.38. The first-order valence-corrected chi connectivity index (χ1v) is 5.77. The molecule has 5 nitrogen and oxygen atoms in total. The topological polar surface area (TPSA) is 76.0 Å². The fourth-order valence-corrected chi connectivity index (χ4v) is 1.18. The molecule has 0 fully saturated rings. The first-order chi connectivity index (χ1) is 8.47. The molecule has 0 bridgehead atoms. The van der Waals surface area contributed by atoms with E-state index in [4.69, 9.17) is 14.6 Å². The van der Waals surface area contributed by atoms with Crippen molar-refractivity contribution in [3.8, 4) is 11.5 Å². The second kappa shape index (κ2) is 6.26. The number of aliphatic hydroxyl groups is 1. The zero-order valence-electron chi connectivity index (χ0n) is 10.5. The van der Waals surface area contributed by atoms with Crippen LogP contribution in [0.5, 0.6) is 11.5 Å². The smallest absolute Gasteiger partial charge is 0.339 e. The van der Waals surface area contributed by atoms with E-state index in [9.17, 15) is 9.90 Å². The summed E-state index contributed by atoms with van der Waals surface area (Å²) in [5.41, 5.74) is -1.92. The Morgan fingerprint density at radius 2 is 1.83 bits per heavy atom. The maximum atomic E-state index is 10.7. The van der Waals surface area contributed by atoms with E-state index in [2.05, 4.69) is 0 Å². The van der Waals surface area contributed by atoms with Gasteiger partial charge in [0.1, 0.15) is 6.61 Å². The average molecular weight is 254 g/mol. The second-order valence-electron chi connectivity index (χ2n) is 4.16. The zero-order valence-corrected chi connectivity index (χ0v) is 10.5. The summed E-state index contributed by atoms with van der Waals surface area (Å²) in [5, 5.41) is 18.3. The molecule has 0 aliphatic carbocycles. The maximum absolute atomic E-state index is 10.7. The number of carbonyl (C=O) groups is 1. The van der Waals surface area contributed by atoms with E-state index in [0.717, 1.165) is 6.42 Å². The van der Waals surface area contributed by atoms with E-state index in [1.54, 1.807) is 24.3 Å². The summed E-state index contributed by atoms with van der Waals surface area (Å²) in [6.07, 6.45) is 0.862. The Morgan fingerprint density at radius 1 is 1.28 bits per heavy atom. The van der Waals surface area contributed by atoms with Crippen LogP contribution in [0.2, 0.25) is 0 Å². The fourth-order valence-electron chi connectivity index (χ4n) is 1.18. The number of ether oxygens (including phenoxy) is 2. The summed E-state index contributed by atoms with van der Waals surface area (Å²) in [5.74, 6) is -0.359. The molecule has 1 aromatic carbocycles. The molecule has 0 aromatic heterocycles. The van der Waals surface area contributed by atoms with Crippen molar-refractivity contribution in [1.82, 2.24) is 0 Å². The van der Waals surface area contributed by atoms with Crippen molar-refractivity contribution in [2.24, 2.45) is 0 Å². The van der Waals surface area contributed by atoms with Crippen LogP contribution < -0.4 is 9.47 Å². The monoisotopic (exact) mass is 254 g/mol. The molecule has 1 atom stereocenters. The van der Waals surface area contributed by atoms with Gasteiger partial charge in [-0.3, -0.25) is 0 Å². The number of rotatable bonds is 7. The third-order valence-corrected chi connectivity index (χ3v) is 2.28. The van der Waals surface area contributed by atoms with Crippen molar-refractivity contribution in [3.05, 3.63) is 24.3 Å². The summed E-state index contributed by atoms with van der Waals surface area (Å²) in [6, 6.07) is 6.96. The largest absolute Gasteiger partial charge is 0.490 e. The average Bonchev–Trinajstić information content (AvgIpc) is 2.34. The van der Waals surface area contributed by atoms with E-state index in [1.807, 2.05) is 6.92 Å². The van der Waals surface area contributed by atoms with Gasteiger partial charge >= 0.3 is 5.97 Å². The molecule has 0 aliphatic rings. The molecule has 1 aromatic rings. The Morgan fingerprint density at radius 3 is 2.33 bits per heavy atom. The molecular weight excluding hydrogens is 236 g/mol. The summed E-state index contributed by atoms with van der Waals surface area (Å²) in [4.78, 5) is 10.7. The van der Waals surface area contributed by atoms with Crippen LogP contribution in [-0.4, -0.2) is 35.0 Å². The molecule has 0 saturated carbocycles. The lowest BCUT2D eigenvalue weighted by atomic mass is 10.1. The van der Waals surface area contributed by atoms with Gasteiger partial charge in [0, 0.05) is 0 Å². The van der Waals surface area contributed by atoms with E-state index >= 15 is 0 Å². The first-order valence-electron chi connectivity index (χ1n) is 5.77. The van der Waals surface area contributed by atoms with Crippen LogP contribution in [0.3, 0.4) is 0 Å². The minimum absolute atomic E-state index is 0.338. The number of hydrogen-bond donors (Lipinski definition) is 2. The van der Waals surface area contributed by atoms with Gasteiger partial charge in [-0.15, -0.1) is 0 Å². The Labute approximate surface area is 106 Å². The molecule has 18 heavy (non-hydrogen) atoms. The molecule has 5 heteroatoms. The van der Waals surface area contributed by atoms with Crippen molar-refractivity contribution in [3.63, 3.8) is 0 Å². The van der Waals surface area contributed by atoms with Crippen LogP contribution in [0.4, 0.5) is 0 Å². The number of carboxylic acids is 1. The zero-order chi connectivity index (χ0) is 13.6. The maximum Gasteiger partial charge on any atom is 0.339 e. The van der Waals surface area contributed by atoms with Crippen molar-refractivity contribution < 1.29 is 24.5 Å². The molecule has 0 aliphatic heterocycles. The third kappa shape index (κ3) is 3.92. The third-order valence-electron chi connectivity index (χ3n) is 2.28. The number of carboxylic acid groups (broad SMARTS) is 1. The van der Waals surface area contributed by atoms with E-state index in [-0.39, 0.29) is 6.61 Å². The second-order valence-corrected chi connectivity index (χ2v) is 4.16. The minimum atomic E-state index is -1.92. The van der Waals surface area contributed by atoms with Crippen LogP contribution in [-0.2, 0) is 4.79 Å². The van der Waals surface area contributed by atoms with Crippen LogP contribution >= 0.6 is 0 Å². The highest BCUT2D eigenvalue weighted by molar-refractivity contribution is 5.76. The Hall–Kier alpha value is -1.75. The Kier molecular flexibility index (Phi) is 4.97. The minimum Gasteiger partial charge on any atom is -0.490 e. The van der Waals surface area contributed by atoms with Gasteiger partial charge in [-0.1, -0.05) is 19.1 Å². The Bertz CT molecular complexity index is 400. The van der Waals surface area contributed by atoms with Crippen LogP contribution in [0.1, 0.15) is 20.3 Å². The van der Waals surface area contributed by atoms with Gasteiger partial charge in [-0.05, 0) is 25.5 Å². The van der Waals surface area contributed by atoms with E-state index in [0.29, 0.717) is 18.1 Å². The van der Waals surface area contributed by atoms with E-state index in [1.165, 1.54) is 6.92 Å². The standard InChI is InChI=1S/C13H18O5/c1-3-8-17-10-6-4-5-7-11(10)18-9-13(2,16)12(14)15/h4-7,16H,3,8-9H2,1-2H3,(H,14,15). The molecule has 0 heterocycles. The number of benzene rings is 1. The molecule has 0 saturated heterocycles. The fraction of sp³-hybridized carbons (Fsp3) is 0.462. The highest BCUT2D eigenvalue weighted by Crippen LogP contribution is 2.27. The summed E-state index contributed by atoms with van der Waals surface area (Å²) in [7, 11) is 0. The normalized spacial score (nSPS) is 13.7. The highest BCUT2D eigenvalue weighted by atomic mass is 16.5. The van der Waals surface area contributed by atoms with Gasteiger partial charge in [-0.2, -0.15) is 0 Å². The highest BCUT2D eigenvalue weighted by Gasteiger charge is 2.31. The van der Waals surface area contributed by atoms with Crippen LogP contribution in [0.25, 0.3) is 0 Å². The molecular formula is C13H18O5. The molecule has 1 unspecified atom stereocenters. The molecule has 0 spiro atoms. The lowest BCUT2D eigenvalue weighted by Gasteiger charge is -2.19. The summed E-state index contributed by atoms with van der Waals surface area (Å²) < 4.78 is 10.8. The molecule has 0 radical (unpaired) electrons. The summed E-state index contributed by atoms with van der Waals surface area (Å²) >= 11 is 0. The molecule has 2 N–H and O–H groups in total.